The molecule has 0 amide bonds. The Balaban J connectivity index is 1.45. The van der Waals surface area contributed by atoms with Gasteiger partial charge in [0.25, 0.3) is 0 Å². The Labute approximate surface area is 172 Å². The van der Waals surface area contributed by atoms with Crippen LogP contribution >= 0.6 is 0 Å². The maximum absolute atomic E-state index is 14.8. The minimum absolute atomic E-state index is 0.0190. The number of ketones is 1. The third-order valence-electron chi connectivity index (χ3n) is 5.61. The Morgan fingerprint density at radius 1 is 1.23 bits per heavy atom. The lowest BCUT2D eigenvalue weighted by Crippen LogP contribution is -2.28. The molecule has 2 N–H and O–H groups in total. The molecule has 0 saturated heterocycles. The molecule has 0 bridgehead atoms. The number of benzene rings is 2. The number of nitrogen functional groups attached to an aromatic ring is 1. The molecule has 5 rings (SSSR count). The van der Waals surface area contributed by atoms with Gasteiger partial charge < -0.3 is 10.5 Å². The quantitative estimate of drug-likeness (QED) is 0.670. The number of halogens is 1. The molecule has 2 aliphatic rings. The SMILES string of the molecule is CC(=O)c1ccc2c(c1)CC(C1=Nc3cc(-c4ccnc(N)n4)cc(F)c3C1)CO2. The number of fused-ring (bicyclic) bond motifs is 2. The summed E-state index contributed by atoms with van der Waals surface area (Å²) in [5, 5.41) is 0. The number of rotatable bonds is 3. The van der Waals surface area contributed by atoms with E-state index >= 15 is 0 Å². The van der Waals surface area contributed by atoms with Crippen LogP contribution < -0.4 is 10.5 Å². The molecular formula is C23H19FN4O2. The first-order valence-corrected chi connectivity index (χ1v) is 9.73. The zero-order valence-electron chi connectivity index (χ0n) is 16.4. The zero-order chi connectivity index (χ0) is 20.8. The number of hydrogen-bond acceptors (Lipinski definition) is 6. The Kier molecular flexibility index (Phi) is 4.31. The summed E-state index contributed by atoms with van der Waals surface area (Å²) in [6.45, 7) is 2.03. The van der Waals surface area contributed by atoms with Gasteiger partial charge in [-0.25, -0.2) is 14.4 Å². The number of aromatic nitrogens is 2. The molecular weight excluding hydrogens is 383 g/mol. The number of nitrogens with zero attached hydrogens (tertiary/aromatic N) is 3. The number of anilines is 1. The van der Waals surface area contributed by atoms with Gasteiger partial charge in [-0.05, 0) is 55.3 Å². The largest absolute Gasteiger partial charge is 0.493 e. The van der Waals surface area contributed by atoms with Crippen molar-refractivity contribution in [3.8, 4) is 17.0 Å². The summed E-state index contributed by atoms with van der Waals surface area (Å²) in [6, 6.07) is 10.5. The average Bonchev–Trinajstić information content (AvgIpc) is 3.18. The Morgan fingerprint density at radius 3 is 2.90 bits per heavy atom. The molecule has 30 heavy (non-hydrogen) atoms. The Bertz CT molecular complexity index is 1220. The molecule has 3 aromatic rings. The second-order valence-electron chi connectivity index (χ2n) is 7.63. The molecule has 1 unspecified atom stereocenters. The summed E-state index contributed by atoms with van der Waals surface area (Å²) < 4.78 is 20.7. The van der Waals surface area contributed by atoms with Crippen molar-refractivity contribution < 1.29 is 13.9 Å². The molecule has 3 heterocycles. The van der Waals surface area contributed by atoms with Crippen molar-refractivity contribution in [3.05, 3.63) is 65.1 Å². The fourth-order valence-electron chi connectivity index (χ4n) is 4.02. The molecule has 150 valence electrons. The molecule has 1 atom stereocenters. The summed E-state index contributed by atoms with van der Waals surface area (Å²) in [6.07, 6.45) is 2.70. The van der Waals surface area contributed by atoms with Gasteiger partial charge >= 0.3 is 0 Å². The van der Waals surface area contributed by atoms with Crippen molar-refractivity contribution in [2.45, 2.75) is 19.8 Å². The summed E-state index contributed by atoms with van der Waals surface area (Å²) in [5.41, 5.74) is 10.6. The normalized spacial score (nSPS) is 17.0. The average molecular weight is 402 g/mol. The van der Waals surface area contributed by atoms with Gasteiger partial charge in [0.1, 0.15) is 11.6 Å². The first kappa shape index (κ1) is 18.4. The van der Waals surface area contributed by atoms with Crippen LogP contribution in [0.4, 0.5) is 16.0 Å². The molecule has 1 aromatic heterocycles. The van der Waals surface area contributed by atoms with Crippen molar-refractivity contribution in [2.24, 2.45) is 10.9 Å². The summed E-state index contributed by atoms with van der Waals surface area (Å²) >= 11 is 0. The highest BCUT2D eigenvalue weighted by molar-refractivity contribution is 5.97. The van der Waals surface area contributed by atoms with Gasteiger partial charge in [-0.15, -0.1) is 0 Å². The maximum atomic E-state index is 14.8. The molecule has 0 fully saturated rings. The monoisotopic (exact) mass is 402 g/mol. The van der Waals surface area contributed by atoms with E-state index in [1.54, 1.807) is 25.3 Å². The van der Waals surface area contributed by atoms with Crippen molar-refractivity contribution >= 4 is 23.1 Å². The molecule has 6 nitrogen and oxygen atoms in total. The lowest BCUT2D eigenvalue weighted by Gasteiger charge is -2.25. The van der Waals surface area contributed by atoms with E-state index in [-0.39, 0.29) is 23.5 Å². The minimum atomic E-state index is -0.311. The van der Waals surface area contributed by atoms with Crippen LogP contribution in [0.3, 0.4) is 0 Å². The van der Waals surface area contributed by atoms with Crippen molar-refractivity contribution in [3.63, 3.8) is 0 Å². The zero-order valence-corrected chi connectivity index (χ0v) is 16.4. The smallest absolute Gasteiger partial charge is 0.220 e. The van der Waals surface area contributed by atoms with Crippen LogP contribution in [0.15, 0.2) is 47.6 Å². The molecule has 0 aliphatic carbocycles. The maximum Gasteiger partial charge on any atom is 0.220 e. The minimum Gasteiger partial charge on any atom is -0.493 e. The topological polar surface area (TPSA) is 90.5 Å². The lowest BCUT2D eigenvalue weighted by atomic mass is 9.89. The highest BCUT2D eigenvalue weighted by Crippen LogP contribution is 2.37. The molecule has 0 radical (unpaired) electrons. The van der Waals surface area contributed by atoms with Crippen LogP contribution in [0.1, 0.15) is 28.4 Å². The number of carbonyl (C=O) groups excluding carboxylic acids is 1. The number of hydrogen-bond donors (Lipinski definition) is 1. The van der Waals surface area contributed by atoms with Gasteiger partial charge in [0.05, 0.1) is 18.0 Å². The van der Waals surface area contributed by atoms with Crippen LogP contribution in [0.5, 0.6) is 5.75 Å². The van der Waals surface area contributed by atoms with Crippen LogP contribution in [-0.4, -0.2) is 28.1 Å². The molecule has 0 saturated carbocycles. The van der Waals surface area contributed by atoms with Crippen LogP contribution in [0.25, 0.3) is 11.3 Å². The fraction of sp³-hybridized carbons (Fsp3) is 0.217. The molecule has 0 spiro atoms. The van der Waals surface area contributed by atoms with E-state index in [1.165, 1.54) is 6.07 Å². The van der Waals surface area contributed by atoms with Gasteiger partial charge in [0.2, 0.25) is 5.95 Å². The predicted molar refractivity (Wildman–Crippen MR) is 112 cm³/mol. The predicted octanol–water partition coefficient (Wildman–Crippen LogP) is 3.95. The van der Waals surface area contributed by atoms with Gasteiger partial charge in [-0.3, -0.25) is 9.79 Å². The number of aliphatic imine (C=N–C) groups is 1. The summed E-state index contributed by atoms with van der Waals surface area (Å²) in [4.78, 5) is 24.5. The van der Waals surface area contributed by atoms with Crippen molar-refractivity contribution in [1.29, 1.82) is 0 Å². The van der Waals surface area contributed by atoms with E-state index in [2.05, 4.69) is 9.97 Å². The van der Waals surface area contributed by atoms with Crippen LogP contribution in [0.2, 0.25) is 0 Å². The second-order valence-corrected chi connectivity index (χ2v) is 7.63. The van der Waals surface area contributed by atoms with E-state index in [0.29, 0.717) is 47.5 Å². The van der Waals surface area contributed by atoms with Crippen molar-refractivity contribution in [2.75, 3.05) is 12.3 Å². The first-order valence-electron chi connectivity index (χ1n) is 9.73. The van der Waals surface area contributed by atoms with Crippen molar-refractivity contribution in [1.82, 2.24) is 9.97 Å². The van der Waals surface area contributed by atoms with Gasteiger partial charge in [-0.1, -0.05) is 0 Å². The summed E-state index contributed by atoms with van der Waals surface area (Å²) in [5.74, 6) is 0.673. The van der Waals surface area contributed by atoms with Gasteiger partial charge in [-0.2, -0.15) is 0 Å². The first-order chi connectivity index (χ1) is 14.5. The van der Waals surface area contributed by atoms with E-state index in [1.807, 2.05) is 18.2 Å². The molecule has 2 aliphatic heterocycles. The Morgan fingerprint density at radius 2 is 2.10 bits per heavy atom. The van der Waals surface area contributed by atoms with Crippen LogP contribution in [-0.2, 0) is 12.8 Å². The third-order valence-corrected chi connectivity index (χ3v) is 5.61. The highest BCUT2D eigenvalue weighted by Gasteiger charge is 2.30. The van der Waals surface area contributed by atoms with Gasteiger partial charge in [0, 0.05) is 40.9 Å². The molecule has 2 aromatic carbocycles. The lowest BCUT2D eigenvalue weighted by molar-refractivity contribution is 0.101. The third kappa shape index (κ3) is 3.22. The fourth-order valence-corrected chi connectivity index (χ4v) is 4.02. The standard InChI is InChI=1S/C23H19FN4O2/c1-12(29)13-2-3-22-15(6-13)7-16(11-30-22)20-10-17-18(24)8-14(9-21(17)27-20)19-4-5-26-23(25)28-19/h2-6,8-9,16H,7,10-11H2,1H3,(H2,25,26,28). The van der Waals surface area contributed by atoms with E-state index in [9.17, 15) is 9.18 Å². The highest BCUT2D eigenvalue weighted by atomic mass is 19.1. The number of carbonyl (C=O) groups is 1. The number of Topliss-reactive ketones (excluding diaryl/α,β-unsaturated/α-hetero) is 1. The van der Waals surface area contributed by atoms with Crippen LogP contribution in [0, 0.1) is 11.7 Å². The van der Waals surface area contributed by atoms with E-state index < -0.39 is 0 Å². The number of ether oxygens (including phenoxy) is 1. The van der Waals surface area contributed by atoms with Gasteiger partial charge in [0.15, 0.2) is 5.78 Å². The number of nitrogens with two attached hydrogens (primary N) is 1. The van der Waals surface area contributed by atoms with E-state index in [0.717, 1.165) is 17.0 Å². The Hall–Kier alpha value is -3.61. The summed E-state index contributed by atoms with van der Waals surface area (Å²) in [7, 11) is 0. The van der Waals surface area contributed by atoms with E-state index in [4.69, 9.17) is 15.5 Å². The molecule has 7 heteroatoms. The second kappa shape index (κ2) is 7.02.